The normalized spacial score (nSPS) is 19.0. The second-order valence-electron chi connectivity index (χ2n) is 10.6. The molecular formula is C28H34FN11O2. The van der Waals surface area contributed by atoms with Gasteiger partial charge in [-0.3, -0.25) is 4.68 Å². The molecule has 2 atom stereocenters. The molecule has 220 valence electrons. The Hall–Kier alpha value is -4.27. The van der Waals surface area contributed by atoms with Crippen LogP contribution in [0.3, 0.4) is 0 Å². The minimum atomic E-state index is -1.34. The molecule has 2 saturated heterocycles. The molecule has 5 heterocycles. The van der Waals surface area contributed by atoms with Gasteiger partial charge in [-0.25, -0.2) is 24.3 Å². The summed E-state index contributed by atoms with van der Waals surface area (Å²) in [6.45, 7) is 9.41. The first-order chi connectivity index (χ1) is 20.4. The molecular weight excluding hydrogens is 541 g/mol. The molecule has 2 aliphatic rings. The summed E-state index contributed by atoms with van der Waals surface area (Å²) in [5.74, 6) is 1.26. The molecule has 0 saturated carbocycles. The molecule has 3 N–H and O–H groups in total. The zero-order chi connectivity index (χ0) is 29.1. The Morgan fingerprint density at radius 3 is 2.40 bits per heavy atom. The number of piperazine rings is 1. The predicted molar refractivity (Wildman–Crippen MR) is 154 cm³/mol. The number of morpholine rings is 1. The maximum Gasteiger partial charge on any atom is 0.232 e. The number of nitrogens with one attached hydrogen (secondary N) is 2. The molecule has 0 amide bonds. The second kappa shape index (κ2) is 11.9. The molecule has 1 aromatic carbocycles. The first-order valence-electron chi connectivity index (χ1n) is 14.0. The van der Waals surface area contributed by atoms with Gasteiger partial charge in [0.25, 0.3) is 0 Å². The maximum atomic E-state index is 13.3. The van der Waals surface area contributed by atoms with Crippen LogP contribution < -0.4 is 20.4 Å². The van der Waals surface area contributed by atoms with Crippen molar-refractivity contribution in [2.45, 2.75) is 32.1 Å². The molecule has 2 fully saturated rings. The number of nitrogens with zero attached hydrogens (tertiary/aromatic N) is 9. The first kappa shape index (κ1) is 27.9. The lowest BCUT2D eigenvalue weighted by molar-refractivity contribution is 0.0158. The topological polar surface area (TPSA) is 142 Å². The van der Waals surface area contributed by atoms with Crippen molar-refractivity contribution in [2.24, 2.45) is 0 Å². The third-order valence-corrected chi connectivity index (χ3v) is 7.74. The van der Waals surface area contributed by atoms with E-state index in [1.54, 1.807) is 37.6 Å². The smallest absolute Gasteiger partial charge is 0.232 e. The van der Waals surface area contributed by atoms with Crippen molar-refractivity contribution in [2.75, 3.05) is 61.0 Å². The van der Waals surface area contributed by atoms with Crippen LogP contribution in [0.15, 0.2) is 49.2 Å². The van der Waals surface area contributed by atoms with E-state index in [0.29, 0.717) is 68.3 Å². The summed E-state index contributed by atoms with van der Waals surface area (Å²) in [5, 5.41) is 22.2. The third-order valence-electron chi connectivity index (χ3n) is 7.74. The van der Waals surface area contributed by atoms with Crippen molar-refractivity contribution in [1.82, 2.24) is 40.0 Å². The van der Waals surface area contributed by atoms with E-state index in [1.165, 1.54) is 18.5 Å². The average Bonchev–Trinajstić information content (AvgIpc) is 3.36. The summed E-state index contributed by atoms with van der Waals surface area (Å²) in [4.78, 5) is 26.6. The summed E-state index contributed by atoms with van der Waals surface area (Å²) >= 11 is 0. The van der Waals surface area contributed by atoms with Gasteiger partial charge in [0.15, 0.2) is 0 Å². The van der Waals surface area contributed by atoms with Crippen LogP contribution in [0, 0.1) is 12.7 Å². The van der Waals surface area contributed by atoms with Crippen molar-refractivity contribution in [1.29, 1.82) is 0 Å². The molecule has 42 heavy (non-hydrogen) atoms. The van der Waals surface area contributed by atoms with E-state index in [-0.39, 0.29) is 11.9 Å². The lowest BCUT2D eigenvalue weighted by atomic mass is 9.90. The first-order valence-corrected chi connectivity index (χ1v) is 14.0. The van der Waals surface area contributed by atoms with Gasteiger partial charge in [-0.15, -0.1) is 0 Å². The van der Waals surface area contributed by atoms with Gasteiger partial charge >= 0.3 is 0 Å². The fourth-order valence-electron chi connectivity index (χ4n) is 5.09. The number of rotatable bonds is 8. The molecule has 0 bridgehead atoms. The number of aromatic nitrogens is 7. The summed E-state index contributed by atoms with van der Waals surface area (Å²) < 4.78 is 21.1. The highest BCUT2D eigenvalue weighted by Crippen LogP contribution is 2.29. The van der Waals surface area contributed by atoms with Crippen molar-refractivity contribution in [3.63, 3.8) is 0 Å². The summed E-state index contributed by atoms with van der Waals surface area (Å²) in [6, 6.07) is 5.77. The van der Waals surface area contributed by atoms with Crippen LogP contribution >= 0.6 is 0 Å². The van der Waals surface area contributed by atoms with Crippen molar-refractivity contribution < 1.29 is 14.2 Å². The quantitative estimate of drug-likeness (QED) is 0.281. The van der Waals surface area contributed by atoms with E-state index in [1.807, 2.05) is 11.6 Å². The van der Waals surface area contributed by atoms with Gasteiger partial charge in [-0.05, 0) is 31.5 Å². The highest BCUT2D eigenvalue weighted by atomic mass is 19.1. The number of hydrogen-bond acceptors (Lipinski definition) is 12. The van der Waals surface area contributed by atoms with Crippen LogP contribution in [0.25, 0.3) is 0 Å². The number of hydrogen-bond donors (Lipinski definition) is 3. The van der Waals surface area contributed by atoms with Crippen LogP contribution in [-0.2, 0) is 16.9 Å². The van der Waals surface area contributed by atoms with Crippen LogP contribution in [0.2, 0.25) is 0 Å². The Kier molecular flexibility index (Phi) is 7.91. The molecule has 0 spiro atoms. The number of ether oxygens (including phenoxy) is 1. The predicted octanol–water partition coefficient (Wildman–Crippen LogP) is 1.62. The van der Waals surface area contributed by atoms with E-state index >= 15 is 0 Å². The van der Waals surface area contributed by atoms with Gasteiger partial charge in [-0.1, -0.05) is 12.1 Å². The molecule has 13 nitrogen and oxygen atoms in total. The van der Waals surface area contributed by atoms with Crippen LogP contribution in [0.5, 0.6) is 0 Å². The number of aliphatic hydroxyl groups is 1. The Labute approximate surface area is 242 Å². The largest absolute Gasteiger partial charge is 0.381 e. The number of anilines is 4. The van der Waals surface area contributed by atoms with Crippen LogP contribution in [-0.4, -0.2) is 91.8 Å². The molecule has 6 rings (SSSR count). The summed E-state index contributed by atoms with van der Waals surface area (Å²) in [6.07, 6.45) is 6.61. The minimum Gasteiger partial charge on any atom is -0.381 e. The highest BCUT2D eigenvalue weighted by molar-refractivity contribution is 5.56. The summed E-state index contributed by atoms with van der Waals surface area (Å²) in [5.41, 5.74) is 1.57. The Bertz CT molecular complexity index is 1480. The van der Waals surface area contributed by atoms with Crippen molar-refractivity contribution in [3.05, 3.63) is 71.8 Å². The Morgan fingerprint density at radius 1 is 1.00 bits per heavy atom. The fraction of sp³-hybridized carbons (Fsp3) is 0.429. The Balaban J connectivity index is 1.06. The van der Waals surface area contributed by atoms with Gasteiger partial charge in [-0.2, -0.15) is 10.1 Å². The van der Waals surface area contributed by atoms with Crippen molar-refractivity contribution >= 4 is 23.5 Å². The van der Waals surface area contributed by atoms with Crippen molar-refractivity contribution in [3.8, 4) is 0 Å². The molecule has 14 heteroatoms. The monoisotopic (exact) mass is 575 g/mol. The minimum absolute atomic E-state index is 0.0901. The van der Waals surface area contributed by atoms with E-state index in [2.05, 4.69) is 50.5 Å². The molecule has 0 aliphatic carbocycles. The van der Waals surface area contributed by atoms with E-state index in [0.717, 1.165) is 24.5 Å². The average molecular weight is 576 g/mol. The SMILES string of the molecule is Cc1c(Nc2ncnc(N3CCN(c4ncc([C@@](C)(O)c5ccc(F)cc5)cn4)CC3)n2)cnn1C[C@@H]1CNCCO1. The van der Waals surface area contributed by atoms with Crippen LogP contribution in [0.4, 0.5) is 27.9 Å². The van der Waals surface area contributed by atoms with Gasteiger partial charge in [0.05, 0.1) is 36.8 Å². The van der Waals surface area contributed by atoms with E-state index < -0.39 is 5.60 Å². The molecule has 0 radical (unpaired) electrons. The standard InChI is InChI=1S/C28H34FN11O2/c1-19-24(16-35-40(19)17-23-15-30-7-12-42-23)36-25-33-18-34-27(37-25)39-10-8-38(9-11-39)26-31-13-21(14-32-26)28(2,41)20-3-5-22(29)6-4-20/h3-6,13-14,16,18,23,30,41H,7-12,15,17H2,1-2H3,(H,33,34,36,37)/t23-,28-/m0/s1. The number of halogens is 1. The van der Waals surface area contributed by atoms with Crippen LogP contribution in [0.1, 0.15) is 23.7 Å². The Morgan fingerprint density at radius 2 is 1.71 bits per heavy atom. The summed E-state index contributed by atoms with van der Waals surface area (Å²) in [7, 11) is 0. The van der Waals surface area contributed by atoms with Gasteiger partial charge in [0.2, 0.25) is 17.8 Å². The van der Waals surface area contributed by atoms with Gasteiger partial charge in [0.1, 0.15) is 17.7 Å². The molecule has 4 aromatic rings. The van der Waals surface area contributed by atoms with Gasteiger partial charge < -0.3 is 30.3 Å². The lowest BCUT2D eigenvalue weighted by Crippen LogP contribution is -2.47. The zero-order valence-electron chi connectivity index (χ0n) is 23.6. The zero-order valence-corrected chi connectivity index (χ0v) is 23.6. The van der Waals surface area contributed by atoms with E-state index in [9.17, 15) is 9.50 Å². The fourth-order valence-corrected chi connectivity index (χ4v) is 5.09. The lowest BCUT2D eigenvalue weighted by Gasteiger charge is -2.34. The second-order valence-corrected chi connectivity index (χ2v) is 10.6. The maximum absolute atomic E-state index is 13.3. The molecule has 0 unspecified atom stereocenters. The number of benzene rings is 1. The highest BCUT2D eigenvalue weighted by Gasteiger charge is 2.28. The van der Waals surface area contributed by atoms with E-state index in [4.69, 9.17) is 4.74 Å². The molecule has 2 aliphatic heterocycles. The third kappa shape index (κ3) is 6.00. The van der Waals surface area contributed by atoms with Gasteiger partial charge in [0, 0.05) is 57.2 Å². The molecule has 3 aromatic heterocycles.